The van der Waals surface area contributed by atoms with Gasteiger partial charge in [0.1, 0.15) is 5.82 Å². The Morgan fingerprint density at radius 2 is 2.15 bits per heavy atom. The molecule has 7 heteroatoms. The van der Waals surface area contributed by atoms with Crippen molar-refractivity contribution in [3.63, 3.8) is 0 Å². The summed E-state index contributed by atoms with van der Waals surface area (Å²) >= 11 is 3.09. The summed E-state index contributed by atoms with van der Waals surface area (Å²) in [7, 11) is 0. The van der Waals surface area contributed by atoms with Crippen molar-refractivity contribution in [2.24, 2.45) is 5.92 Å². The predicted octanol–water partition coefficient (Wildman–Crippen LogP) is 2.10. The van der Waals surface area contributed by atoms with Gasteiger partial charge in [0.15, 0.2) is 0 Å². The van der Waals surface area contributed by atoms with Crippen molar-refractivity contribution in [1.29, 1.82) is 0 Å². The summed E-state index contributed by atoms with van der Waals surface area (Å²) in [6, 6.07) is 2.59. The third-order valence-corrected chi connectivity index (χ3v) is 3.05. The molecule has 0 aliphatic rings. The van der Waals surface area contributed by atoms with Gasteiger partial charge in [-0.3, -0.25) is 9.59 Å². The molecule has 5 nitrogen and oxygen atoms in total. The van der Waals surface area contributed by atoms with Crippen molar-refractivity contribution < 1.29 is 18.7 Å². The van der Waals surface area contributed by atoms with E-state index < -0.39 is 23.6 Å². The first-order valence-corrected chi connectivity index (χ1v) is 6.85. The van der Waals surface area contributed by atoms with Crippen LogP contribution in [-0.4, -0.2) is 25.0 Å². The van der Waals surface area contributed by atoms with E-state index in [9.17, 15) is 14.0 Å². The molecular weight excluding hydrogens is 331 g/mol. The lowest BCUT2D eigenvalue weighted by atomic mass is 10.1. The van der Waals surface area contributed by atoms with Crippen LogP contribution in [0.15, 0.2) is 16.6 Å². The Morgan fingerprint density at radius 3 is 2.75 bits per heavy atom. The molecule has 1 unspecified atom stereocenters. The zero-order valence-electron chi connectivity index (χ0n) is 11.2. The summed E-state index contributed by atoms with van der Waals surface area (Å²) in [5, 5.41) is 2.53. The van der Waals surface area contributed by atoms with E-state index in [2.05, 4.69) is 21.2 Å². The largest absolute Gasteiger partial charge is 0.466 e. The summed E-state index contributed by atoms with van der Waals surface area (Å²) < 4.78 is 18.6. The molecule has 110 valence electrons. The van der Waals surface area contributed by atoms with Crippen molar-refractivity contribution in [2.45, 2.75) is 13.8 Å². The van der Waals surface area contributed by atoms with Crippen LogP contribution >= 0.6 is 15.9 Å². The summed E-state index contributed by atoms with van der Waals surface area (Å²) in [4.78, 5) is 23.3. The molecule has 0 saturated heterocycles. The van der Waals surface area contributed by atoms with Crippen LogP contribution in [0, 0.1) is 11.7 Å². The van der Waals surface area contributed by atoms with Gasteiger partial charge in [0, 0.05) is 11.0 Å². The monoisotopic (exact) mass is 346 g/mol. The van der Waals surface area contributed by atoms with E-state index in [1.807, 2.05) is 0 Å². The van der Waals surface area contributed by atoms with Crippen LogP contribution in [0.1, 0.15) is 24.2 Å². The van der Waals surface area contributed by atoms with Crippen molar-refractivity contribution in [3.05, 3.63) is 28.0 Å². The van der Waals surface area contributed by atoms with Gasteiger partial charge in [0.2, 0.25) is 0 Å². The minimum Gasteiger partial charge on any atom is -0.466 e. The van der Waals surface area contributed by atoms with Crippen LogP contribution in [0.25, 0.3) is 0 Å². The van der Waals surface area contributed by atoms with Crippen LogP contribution in [0.5, 0.6) is 0 Å². The van der Waals surface area contributed by atoms with Gasteiger partial charge in [-0.25, -0.2) is 4.39 Å². The maximum atomic E-state index is 13.4. The Hall–Kier alpha value is -1.63. The zero-order chi connectivity index (χ0) is 15.3. The summed E-state index contributed by atoms with van der Waals surface area (Å²) in [5.41, 5.74) is 5.31. The second kappa shape index (κ2) is 7.23. The van der Waals surface area contributed by atoms with Gasteiger partial charge >= 0.3 is 5.97 Å². The van der Waals surface area contributed by atoms with Crippen LogP contribution < -0.4 is 11.1 Å². The molecule has 0 saturated carbocycles. The highest BCUT2D eigenvalue weighted by atomic mass is 79.9. The van der Waals surface area contributed by atoms with Gasteiger partial charge in [-0.15, -0.1) is 0 Å². The average molecular weight is 347 g/mol. The third-order valence-electron chi connectivity index (χ3n) is 2.60. The molecule has 1 aromatic carbocycles. The molecule has 0 aromatic heterocycles. The van der Waals surface area contributed by atoms with E-state index in [-0.39, 0.29) is 24.4 Å². The Kier molecular flexibility index (Phi) is 5.94. The molecule has 0 spiro atoms. The molecule has 0 radical (unpaired) electrons. The second-order valence-electron chi connectivity index (χ2n) is 4.21. The van der Waals surface area contributed by atoms with Crippen molar-refractivity contribution >= 4 is 33.5 Å². The van der Waals surface area contributed by atoms with Crippen LogP contribution in [0.3, 0.4) is 0 Å². The Bertz CT molecular complexity index is 523. The van der Waals surface area contributed by atoms with Crippen LogP contribution in [0.4, 0.5) is 10.1 Å². The van der Waals surface area contributed by atoms with E-state index in [0.717, 1.165) is 0 Å². The number of esters is 1. The number of ether oxygens (including phenoxy) is 1. The van der Waals surface area contributed by atoms with Gasteiger partial charge in [-0.05, 0) is 19.1 Å². The fourth-order valence-electron chi connectivity index (χ4n) is 1.48. The van der Waals surface area contributed by atoms with Gasteiger partial charge in [-0.2, -0.15) is 0 Å². The molecule has 20 heavy (non-hydrogen) atoms. The lowest BCUT2D eigenvalue weighted by Crippen LogP contribution is -2.33. The number of anilines is 1. The van der Waals surface area contributed by atoms with Gasteiger partial charge in [0.25, 0.3) is 5.91 Å². The first kappa shape index (κ1) is 16.4. The fourth-order valence-corrected chi connectivity index (χ4v) is 1.91. The number of hydrogen-bond donors (Lipinski definition) is 2. The van der Waals surface area contributed by atoms with Crippen molar-refractivity contribution in [2.75, 3.05) is 18.9 Å². The van der Waals surface area contributed by atoms with Crippen LogP contribution in [-0.2, 0) is 9.53 Å². The van der Waals surface area contributed by atoms with Gasteiger partial charge in [0.05, 0.1) is 23.8 Å². The van der Waals surface area contributed by atoms with Crippen molar-refractivity contribution in [3.8, 4) is 0 Å². The number of carbonyl (C=O) groups excluding carboxylic acids is 2. The standard InChI is InChI=1S/C13H16BrFN2O3/c1-3-20-13(19)7(2)6-17-12(18)9-4-8(14)5-10(15)11(9)16/h4-5,7H,3,6,16H2,1-2H3,(H,17,18). The number of nitrogens with two attached hydrogens (primary N) is 1. The minimum absolute atomic E-state index is 0.0212. The molecule has 1 amide bonds. The first-order valence-electron chi connectivity index (χ1n) is 6.06. The lowest BCUT2D eigenvalue weighted by Gasteiger charge is -2.13. The fraction of sp³-hybridized carbons (Fsp3) is 0.385. The van der Waals surface area contributed by atoms with E-state index in [1.54, 1.807) is 13.8 Å². The first-order chi connectivity index (χ1) is 9.36. The molecule has 3 N–H and O–H groups in total. The summed E-state index contributed by atoms with van der Waals surface area (Å²) in [6.45, 7) is 3.70. The van der Waals surface area contributed by atoms with E-state index in [1.165, 1.54) is 12.1 Å². The molecule has 1 atom stereocenters. The highest BCUT2D eigenvalue weighted by Crippen LogP contribution is 2.22. The molecule has 0 bridgehead atoms. The summed E-state index contributed by atoms with van der Waals surface area (Å²) in [5.74, 6) is -2.11. The highest BCUT2D eigenvalue weighted by molar-refractivity contribution is 9.10. The molecule has 1 rings (SSSR count). The summed E-state index contributed by atoms with van der Waals surface area (Å²) in [6.07, 6.45) is 0. The molecule has 1 aromatic rings. The maximum Gasteiger partial charge on any atom is 0.310 e. The van der Waals surface area contributed by atoms with E-state index in [0.29, 0.717) is 4.47 Å². The second-order valence-corrected chi connectivity index (χ2v) is 5.13. The Labute approximate surface area is 124 Å². The number of nitrogen functional groups attached to an aromatic ring is 1. The van der Waals surface area contributed by atoms with E-state index >= 15 is 0 Å². The predicted molar refractivity (Wildman–Crippen MR) is 76.6 cm³/mol. The topological polar surface area (TPSA) is 81.4 Å². The molecule has 0 fully saturated rings. The molecule has 0 aliphatic carbocycles. The number of amides is 1. The number of benzene rings is 1. The average Bonchev–Trinajstić information content (AvgIpc) is 2.39. The lowest BCUT2D eigenvalue weighted by molar-refractivity contribution is -0.147. The van der Waals surface area contributed by atoms with Crippen LogP contribution in [0.2, 0.25) is 0 Å². The smallest absolute Gasteiger partial charge is 0.310 e. The number of hydrogen-bond acceptors (Lipinski definition) is 4. The SMILES string of the molecule is CCOC(=O)C(C)CNC(=O)c1cc(Br)cc(F)c1N. The Balaban J connectivity index is 2.71. The zero-order valence-corrected chi connectivity index (χ0v) is 12.8. The number of carbonyl (C=O) groups is 2. The minimum atomic E-state index is -0.678. The normalized spacial score (nSPS) is 11.8. The molecule has 0 aliphatic heterocycles. The van der Waals surface area contributed by atoms with Gasteiger partial charge in [-0.1, -0.05) is 22.9 Å². The van der Waals surface area contributed by atoms with Crippen molar-refractivity contribution in [1.82, 2.24) is 5.32 Å². The molecule has 0 heterocycles. The van der Waals surface area contributed by atoms with E-state index in [4.69, 9.17) is 10.5 Å². The quantitative estimate of drug-likeness (QED) is 0.631. The van der Waals surface area contributed by atoms with Gasteiger partial charge < -0.3 is 15.8 Å². The third kappa shape index (κ3) is 4.19. The number of halogens is 2. The molecular formula is C13H16BrFN2O3. The maximum absolute atomic E-state index is 13.4. The highest BCUT2D eigenvalue weighted by Gasteiger charge is 2.18. The number of rotatable bonds is 5. The Morgan fingerprint density at radius 1 is 1.50 bits per heavy atom. The number of nitrogens with one attached hydrogen (secondary N) is 1.